The normalized spacial score (nSPS) is 28.9. The molecule has 0 radical (unpaired) electrons. The lowest BCUT2D eigenvalue weighted by atomic mass is 9.53. The fourth-order valence-electron chi connectivity index (χ4n) is 4.60. The minimum Gasteiger partial charge on any atom is -0.463 e. The zero-order chi connectivity index (χ0) is 24.3. The van der Waals surface area contributed by atoms with Crippen LogP contribution in [0.2, 0.25) is 0 Å². The maximum absolute atomic E-state index is 13.1. The van der Waals surface area contributed by atoms with Crippen molar-refractivity contribution < 1.29 is 38.1 Å². The monoisotopic (exact) mass is 452 g/mol. The van der Waals surface area contributed by atoms with Gasteiger partial charge in [0, 0.05) is 11.8 Å². The molecule has 2 bridgehead atoms. The van der Waals surface area contributed by atoms with Crippen LogP contribution < -0.4 is 0 Å². The highest BCUT2D eigenvalue weighted by Gasteiger charge is 2.62. The predicted molar refractivity (Wildman–Crippen MR) is 115 cm³/mol. The summed E-state index contributed by atoms with van der Waals surface area (Å²) in [7, 11) is 0. The molecule has 32 heavy (non-hydrogen) atoms. The van der Waals surface area contributed by atoms with Crippen molar-refractivity contribution in [3.8, 4) is 0 Å². The largest absolute Gasteiger partial charge is 0.463 e. The summed E-state index contributed by atoms with van der Waals surface area (Å²) in [5.41, 5.74) is 0. The quantitative estimate of drug-likeness (QED) is 0.314. The third-order valence-electron chi connectivity index (χ3n) is 5.48. The van der Waals surface area contributed by atoms with Crippen molar-refractivity contribution in [2.45, 2.75) is 79.8 Å². The summed E-state index contributed by atoms with van der Waals surface area (Å²) in [5.74, 6) is -7.76. The number of carbonyl (C=O) groups excluding carboxylic acids is 4. The Morgan fingerprint density at radius 2 is 0.656 bits per heavy atom. The maximum Gasteiger partial charge on any atom is 0.310 e. The molecule has 1 fully saturated rings. The standard InChI is InChI=1S/C24H36O8/c1-11(2)29-21(25)17-15-9-10-16(18(17)22(26)30-12(3)4)20(24(28)32-14(7)8)19(15)23(27)31-13(5)6/h9-20H,1-8H3. The number of esters is 4. The van der Waals surface area contributed by atoms with Gasteiger partial charge in [0.15, 0.2) is 0 Å². The van der Waals surface area contributed by atoms with E-state index >= 15 is 0 Å². The van der Waals surface area contributed by atoms with Crippen molar-refractivity contribution in [3.05, 3.63) is 12.2 Å². The van der Waals surface area contributed by atoms with Crippen molar-refractivity contribution in [1.29, 1.82) is 0 Å². The highest BCUT2D eigenvalue weighted by Crippen LogP contribution is 2.53. The van der Waals surface area contributed by atoms with Gasteiger partial charge in [-0.3, -0.25) is 19.2 Å². The zero-order valence-electron chi connectivity index (χ0n) is 20.2. The van der Waals surface area contributed by atoms with Crippen LogP contribution in [0.5, 0.6) is 0 Å². The Morgan fingerprint density at radius 1 is 0.469 bits per heavy atom. The van der Waals surface area contributed by atoms with Crippen LogP contribution in [0.1, 0.15) is 55.4 Å². The minimum absolute atomic E-state index is 0.406. The number of fused-ring (bicyclic) bond motifs is 2. The summed E-state index contributed by atoms with van der Waals surface area (Å²) < 4.78 is 21.8. The van der Waals surface area contributed by atoms with Crippen molar-refractivity contribution >= 4 is 23.9 Å². The van der Waals surface area contributed by atoms with Crippen LogP contribution in [-0.4, -0.2) is 48.3 Å². The van der Waals surface area contributed by atoms with E-state index in [0.717, 1.165) is 0 Å². The first-order valence-electron chi connectivity index (χ1n) is 11.3. The lowest BCUT2D eigenvalue weighted by Crippen LogP contribution is -2.59. The molecule has 0 spiro atoms. The van der Waals surface area contributed by atoms with Crippen LogP contribution >= 0.6 is 0 Å². The Kier molecular flexibility index (Phi) is 8.48. The molecular weight excluding hydrogens is 416 g/mol. The summed E-state index contributed by atoms with van der Waals surface area (Å²) in [6.45, 7) is 13.7. The molecule has 0 aromatic rings. The Balaban J connectivity index is 2.57. The van der Waals surface area contributed by atoms with Gasteiger partial charge in [0.1, 0.15) is 0 Å². The van der Waals surface area contributed by atoms with Gasteiger partial charge in [-0.25, -0.2) is 0 Å². The van der Waals surface area contributed by atoms with Gasteiger partial charge in [0.2, 0.25) is 0 Å². The average Bonchev–Trinajstić information content (AvgIpc) is 2.64. The maximum atomic E-state index is 13.1. The number of hydrogen-bond acceptors (Lipinski definition) is 8. The molecule has 180 valence electrons. The van der Waals surface area contributed by atoms with E-state index in [4.69, 9.17) is 18.9 Å². The lowest BCUT2D eigenvalue weighted by molar-refractivity contribution is -0.190. The summed E-state index contributed by atoms with van der Waals surface area (Å²) in [6.07, 6.45) is 1.82. The molecule has 1 saturated carbocycles. The van der Waals surface area contributed by atoms with Crippen molar-refractivity contribution in [2.75, 3.05) is 0 Å². The number of ether oxygens (including phenoxy) is 4. The number of allylic oxidation sites excluding steroid dienone is 2. The van der Waals surface area contributed by atoms with Gasteiger partial charge in [-0.2, -0.15) is 0 Å². The van der Waals surface area contributed by atoms with Crippen molar-refractivity contribution in [2.24, 2.45) is 35.5 Å². The Bertz CT molecular complexity index is 633. The second kappa shape index (κ2) is 10.5. The minimum atomic E-state index is -0.966. The molecule has 0 saturated heterocycles. The molecule has 0 aliphatic heterocycles. The van der Waals surface area contributed by atoms with E-state index in [2.05, 4.69) is 0 Å². The van der Waals surface area contributed by atoms with E-state index < -0.39 is 83.8 Å². The summed E-state index contributed by atoms with van der Waals surface area (Å²) >= 11 is 0. The van der Waals surface area contributed by atoms with Gasteiger partial charge < -0.3 is 18.9 Å². The van der Waals surface area contributed by atoms with Crippen molar-refractivity contribution in [3.63, 3.8) is 0 Å². The molecule has 0 heterocycles. The van der Waals surface area contributed by atoms with Gasteiger partial charge in [0.25, 0.3) is 0 Å². The van der Waals surface area contributed by atoms with Crippen LogP contribution in [0.25, 0.3) is 0 Å². The SMILES string of the molecule is CC(C)OC(=O)C1C2C=CC(C1C(=O)OC(C)C)C(C(=O)OC(C)C)C2C(=O)OC(C)C. The first-order valence-corrected chi connectivity index (χ1v) is 11.3. The fraction of sp³-hybridized carbons (Fsp3) is 0.750. The van der Waals surface area contributed by atoms with Gasteiger partial charge >= 0.3 is 23.9 Å². The lowest BCUT2D eigenvalue weighted by Gasteiger charge is -2.49. The molecule has 8 nitrogen and oxygen atoms in total. The highest BCUT2D eigenvalue weighted by atomic mass is 16.6. The molecule has 0 amide bonds. The van der Waals surface area contributed by atoms with E-state index in [1.165, 1.54) is 0 Å². The van der Waals surface area contributed by atoms with E-state index in [1.54, 1.807) is 67.5 Å². The summed E-state index contributed by atoms with van der Waals surface area (Å²) in [5, 5.41) is 0. The van der Waals surface area contributed by atoms with Crippen LogP contribution in [0.4, 0.5) is 0 Å². The fourth-order valence-corrected chi connectivity index (χ4v) is 4.60. The molecule has 4 atom stereocenters. The molecule has 3 aliphatic rings. The van der Waals surface area contributed by atoms with Crippen LogP contribution in [0, 0.1) is 35.5 Å². The van der Waals surface area contributed by atoms with Crippen LogP contribution in [0.3, 0.4) is 0 Å². The Labute approximate surface area is 190 Å². The molecule has 3 rings (SSSR count). The molecular formula is C24H36O8. The molecule has 4 unspecified atom stereocenters. The summed E-state index contributed by atoms with van der Waals surface area (Å²) in [6, 6.07) is 0. The topological polar surface area (TPSA) is 105 Å². The zero-order valence-corrected chi connectivity index (χ0v) is 20.2. The number of carbonyl (C=O) groups is 4. The predicted octanol–water partition coefficient (Wildman–Crippen LogP) is 3.07. The molecule has 0 N–H and O–H groups in total. The van der Waals surface area contributed by atoms with Gasteiger partial charge in [-0.05, 0) is 55.4 Å². The molecule has 0 aromatic carbocycles. The highest BCUT2D eigenvalue weighted by molar-refractivity contribution is 5.90. The summed E-state index contributed by atoms with van der Waals surface area (Å²) in [4.78, 5) is 52.4. The Morgan fingerprint density at radius 3 is 0.812 bits per heavy atom. The van der Waals surface area contributed by atoms with Gasteiger partial charge in [-0.15, -0.1) is 0 Å². The van der Waals surface area contributed by atoms with Gasteiger partial charge in [-0.1, -0.05) is 12.2 Å². The van der Waals surface area contributed by atoms with Gasteiger partial charge in [0.05, 0.1) is 48.1 Å². The smallest absolute Gasteiger partial charge is 0.310 e. The van der Waals surface area contributed by atoms with Crippen LogP contribution in [-0.2, 0) is 38.1 Å². The second-order valence-corrected chi connectivity index (χ2v) is 9.59. The molecule has 8 heteroatoms. The first kappa shape index (κ1) is 25.9. The van der Waals surface area contributed by atoms with Crippen molar-refractivity contribution in [1.82, 2.24) is 0 Å². The third-order valence-corrected chi connectivity index (χ3v) is 5.48. The molecule has 3 aliphatic carbocycles. The average molecular weight is 453 g/mol. The van der Waals surface area contributed by atoms with E-state index in [1.807, 2.05) is 0 Å². The van der Waals surface area contributed by atoms with Crippen LogP contribution in [0.15, 0.2) is 12.2 Å². The number of rotatable bonds is 8. The first-order chi connectivity index (χ1) is 14.8. The molecule has 0 aromatic heterocycles. The van der Waals surface area contributed by atoms with E-state index in [-0.39, 0.29) is 0 Å². The van der Waals surface area contributed by atoms with E-state index in [0.29, 0.717) is 0 Å². The number of hydrogen-bond donors (Lipinski definition) is 0. The third kappa shape index (κ3) is 5.70. The Hall–Kier alpha value is -2.38. The second-order valence-electron chi connectivity index (χ2n) is 9.59. The van der Waals surface area contributed by atoms with E-state index in [9.17, 15) is 19.2 Å².